The third kappa shape index (κ3) is 3.54. The van der Waals surface area contributed by atoms with E-state index in [0.29, 0.717) is 0 Å². The van der Waals surface area contributed by atoms with E-state index in [4.69, 9.17) is 0 Å². The van der Waals surface area contributed by atoms with Gasteiger partial charge in [-0.1, -0.05) is 18.7 Å². The molecule has 62 valence electrons. The van der Waals surface area contributed by atoms with E-state index >= 15 is 0 Å². The number of thiophene rings is 1. The molecule has 3 heteroatoms. The van der Waals surface area contributed by atoms with Crippen LogP contribution in [0.1, 0.15) is 13.3 Å². The van der Waals surface area contributed by atoms with Crippen molar-refractivity contribution in [1.82, 2.24) is 0 Å². The van der Waals surface area contributed by atoms with Crippen LogP contribution in [-0.4, -0.2) is 12.0 Å². The van der Waals surface area contributed by atoms with Crippen LogP contribution in [-0.2, 0) is 0 Å². The summed E-state index contributed by atoms with van der Waals surface area (Å²) in [6, 6.07) is 2.16. The highest BCUT2D eigenvalue weighted by Gasteiger charge is 2.17. The summed E-state index contributed by atoms with van der Waals surface area (Å²) in [6.07, 6.45) is 3.44. The standard InChI is InChI=1S/C4H2S2.C4H10S/c1-2-5-4-3(1)6-4;1-3-4-5-2/h1-2H;3-4H2,1-2H3. The van der Waals surface area contributed by atoms with E-state index in [2.05, 4.69) is 24.6 Å². The molecule has 0 aromatic carbocycles. The lowest BCUT2D eigenvalue weighted by atomic mass is 10.6. The monoisotopic (exact) mass is 204 g/mol. The van der Waals surface area contributed by atoms with Crippen molar-refractivity contribution in [3.05, 3.63) is 11.4 Å². The largest absolute Gasteiger partial charge is 0.165 e. The van der Waals surface area contributed by atoms with Gasteiger partial charge in [-0.15, -0.1) is 11.3 Å². The minimum absolute atomic E-state index is 1.31. The van der Waals surface area contributed by atoms with Crippen LogP contribution in [0.25, 0.3) is 0 Å². The van der Waals surface area contributed by atoms with Crippen molar-refractivity contribution in [2.24, 2.45) is 0 Å². The fourth-order valence-electron chi connectivity index (χ4n) is 0.620. The highest BCUT2D eigenvalue weighted by Crippen LogP contribution is 2.52. The fourth-order valence-corrected chi connectivity index (χ4v) is 2.75. The second-order valence-corrected chi connectivity index (χ2v) is 5.38. The first-order valence-corrected chi connectivity index (χ1v) is 6.71. The summed E-state index contributed by atoms with van der Waals surface area (Å²) in [5, 5.41) is 2.13. The van der Waals surface area contributed by atoms with Crippen LogP contribution in [0.5, 0.6) is 0 Å². The molecular formula is C8H12S3. The van der Waals surface area contributed by atoms with Crippen molar-refractivity contribution < 1.29 is 0 Å². The molecular weight excluding hydrogens is 192 g/mol. The molecule has 0 fully saturated rings. The van der Waals surface area contributed by atoms with Crippen molar-refractivity contribution in [3.8, 4) is 0 Å². The van der Waals surface area contributed by atoms with Crippen LogP contribution in [0.3, 0.4) is 0 Å². The summed E-state index contributed by atoms with van der Waals surface area (Å²) in [5.74, 6) is 1.31. The number of thioether (sulfide) groups is 1. The van der Waals surface area contributed by atoms with Gasteiger partial charge in [-0.05, 0) is 29.9 Å². The van der Waals surface area contributed by atoms with Gasteiger partial charge in [-0.2, -0.15) is 11.8 Å². The Balaban J connectivity index is 0.000000114. The van der Waals surface area contributed by atoms with Crippen LogP contribution < -0.4 is 0 Å². The van der Waals surface area contributed by atoms with Gasteiger partial charge in [0, 0.05) is 4.90 Å². The topological polar surface area (TPSA) is 0 Å². The Kier molecular flexibility index (Phi) is 4.41. The normalized spacial score (nSPS) is 11.5. The third-order valence-electron chi connectivity index (χ3n) is 1.16. The summed E-state index contributed by atoms with van der Waals surface area (Å²) in [4.78, 5) is 1.49. The summed E-state index contributed by atoms with van der Waals surface area (Å²) >= 11 is 5.62. The van der Waals surface area contributed by atoms with Crippen molar-refractivity contribution in [3.63, 3.8) is 0 Å². The zero-order valence-electron chi connectivity index (χ0n) is 6.79. The molecule has 1 aliphatic rings. The second-order valence-electron chi connectivity index (χ2n) is 2.17. The van der Waals surface area contributed by atoms with Gasteiger partial charge in [-0.3, -0.25) is 0 Å². The number of hydrogen-bond acceptors (Lipinski definition) is 3. The molecule has 2 heterocycles. The lowest BCUT2D eigenvalue weighted by Crippen LogP contribution is -1.64. The Bertz CT molecular complexity index is 186. The van der Waals surface area contributed by atoms with Crippen LogP contribution in [0.15, 0.2) is 20.6 Å². The molecule has 0 amide bonds. The molecule has 1 aromatic heterocycles. The van der Waals surface area contributed by atoms with Crippen LogP contribution >= 0.6 is 34.9 Å². The SMILES string of the molecule is CCCSC.c1cc2c(s1)S2. The zero-order chi connectivity index (χ0) is 8.10. The molecule has 0 radical (unpaired) electrons. The van der Waals surface area contributed by atoms with E-state index < -0.39 is 0 Å². The lowest BCUT2D eigenvalue weighted by Gasteiger charge is -1.80. The van der Waals surface area contributed by atoms with E-state index in [9.17, 15) is 0 Å². The van der Waals surface area contributed by atoms with Crippen LogP contribution in [0.4, 0.5) is 0 Å². The van der Waals surface area contributed by atoms with Gasteiger partial charge in [0.15, 0.2) is 0 Å². The number of hydrogen-bond donors (Lipinski definition) is 0. The summed E-state index contributed by atoms with van der Waals surface area (Å²) in [5.41, 5.74) is 0. The Morgan fingerprint density at radius 1 is 1.55 bits per heavy atom. The van der Waals surface area contributed by atoms with Gasteiger partial charge in [0.2, 0.25) is 0 Å². The maximum Gasteiger partial charge on any atom is 0.0786 e. The fraction of sp³-hybridized carbons (Fsp3) is 0.500. The van der Waals surface area contributed by atoms with Crippen molar-refractivity contribution in [2.45, 2.75) is 22.4 Å². The molecule has 0 unspecified atom stereocenters. The molecule has 0 saturated carbocycles. The molecule has 11 heavy (non-hydrogen) atoms. The lowest BCUT2D eigenvalue weighted by molar-refractivity contribution is 1.11. The maximum atomic E-state index is 2.19. The van der Waals surface area contributed by atoms with E-state index in [1.165, 1.54) is 21.3 Å². The second kappa shape index (κ2) is 5.12. The summed E-state index contributed by atoms with van der Waals surface area (Å²) < 4.78 is 1.51. The predicted octanol–water partition coefficient (Wildman–Crippen LogP) is 3.97. The minimum atomic E-state index is 1.31. The molecule has 1 aliphatic heterocycles. The Morgan fingerprint density at radius 2 is 2.36 bits per heavy atom. The molecule has 0 bridgehead atoms. The average Bonchev–Trinajstić information content (AvgIpc) is 2.62. The first-order chi connectivity index (χ1) is 5.38. The average molecular weight is 204 g/mol. The van der Waals surface area contributed by atoms with E-state index in [1.54, 1.807) is 0 Å². The summed E-state index contributed by atoms with van der Waals surface area (Å²) in [7, 11) is 0. The van der Waals surface area contributed by atoms with E-state index in [0.717, 1.165) is 0 Å². The van der Waals surface area contributed by atoms with Crippen LogP contribution in [0.2, 0.25) is 0 Å². The molecule has 0 atom stereocenters. The van der Waals surface area contributed by atoms with Gasteiger partial charge in [0.05, 0.1) is 4.21 Å². The van der Waals surface area contributed by atoms with Gasteiger partial charge in [-0.25, -0.2) is 0 Å². The van der Waals surface area contributed by atoms with Crippen molar-refractivity contribution in [1.29, 1.82) is 0 Å². The first kappa shape index (κ1) is 9.49. The molecule has 0 nitrogen and oxygen atoms in total. The van der Waals surface area contributed by atoms with Gasteiger partial charge in [0.1, 0.15) is 0 Å². The third-order valence-corrected chi connectivity index (χ3v) is 4.12. The molecule has 0 aliphatic carbocycles. The smallest absolute Gasteiger partial charge is 0.0786 e. The van der Waals surface area contributed by atoms with Gasteiger partial charge in [0.25, 0.3) is 0 Å². The first-order valence-electron chi connectivity index (χ1n) is 3.62. The minimum Gasteiger partial charge on any atom is -0.165 e. The van der Waals surface area contributed by atoms with E-state index in [-0.39, 0.29) is 0 Å². The number of rotatable bonds is 2. The molecule has 1 aromatic rings. The van der Waals surface area contributed by atoms with Crippen molar-refractivity contribution in [2.75, 3.05) is 12.0 Å². The highest BCUT2D eigenvalue weighted by atomic mass is 32.2. The highest BCUT2D eigenvalue weighted by molar-refractivity contribution is 8.07. The van der Waals surface area contributed by atoms with E-state index in [1.807, 2.05) is 34.9 Å². The zero-order valence-corrected chi connectivity index (χ0v) is 9.24. The maximum absolute atomic E-state index is 2.19. The van der Waals surface area contributed by atoms with Crippen molar-refractivity contribution >= 4 is 34.9 Å². The Morgan fingerprint density at radius 3 is 2.45 bits per heavy atom. The quantitative estimate of drug-likeness (QED) is 0.679. The molecule has 0 saturated heterocycles. The Labute approximate surface area is 80.8 Å². The summed E-state index contributed by atoms with van der Waals surface area (Å²) in [6.45, 7) is 2.19. The van der Waals surface area contributed by atoms with Gasteiger partial charge >= 0.3 is 0 Å². The molecule has 2 rings (SSSR count). The predicted molar refractivity (Wildman–Crippen MR) is 57.1 cm³/mol. The molecule has 0 spiro atoms. The Hall–Kier alpha value is 0.400. The number of fused-ring (bicyclic) bond motifs is 1. The molecule has 0 N–H and O–H groups in total. The van der Waals surface area contributed by atoms with Crippen LogP contribution in [0, 0.1) is 0 Å². The van der Waals surface area contributed by atoms with Gasteiger partial charge < -0.3 is 0 Å².